The minimum atomic E-state index is -1.16. The van der Waals surface area contributed by atoms with E-state index in [1.54, 1.807) is 0 Å². The first kappa shape index (κ1) is 15.3. The highest BCUT2D eigenvalue weighted by Gasteiger charge is 2.18. The summed E-state index contributed by atoms with van der Waals surface area (Å²) in [6.45, 7) is 0.173. The molecule has 3 rings (SSSR count). The first-order valence-electron chi connectivity index (χ1n) is 7.59. The Labute approximate surface area is 135 Å². The van der Waals surface area contributed by atoms with Crippen LogP contribution in [-0.4, -0.2) is 17.2 Å². The Morgan fingerprint density at radius 3 is 2.43 bits per heavy atom. The molecule has 0 saturated heterocycles. The highest BCUT2D eigenvalue weighted by Crippen LogP contribution is 2.20. The third kappa shape index (κ3) is 3.76. The van der Waals surface area contributed by atoms with Crippen molar-refractivity contribution in [2.45, 2.75) is 19.1 Å². The Morgan fingerprint density at radius 2 is 1.61 bits per heavy atom. The van der Waals surface area contributed by atoms with Gasteiger partial charge in [-0.05, 0) is 21.9 Å². The van der Waals surface area contributed by atoms with E-state index in [9.17, 15) is 9.90 Å². The van der Waals surface area contributed by atoms with Crippen LogP contribution in [0.15, 0.2) is 72.8 Å². The second-order valence-electron chi connectivity index (χ2n) is 5.45. The predicted octanol–water partition coefficient (Wildman–Crippen LogP) is 3.49. The van der Waals surface area contributed by atoms with Crippen molar-refractivity contribution in [1.29, 1.82) is 0 Å². The first-order chi connectivity index (χ1) is 11.2. The van der Waals surface area contributed by atoms with Gasteiger partial charge in [0.25, 0.3) is 0 Å². The molecule has 23 heavy (non-hydrogen) atoms. The molecule has 0 saturated carbocycles. The van der Waals surface area contributed by atoms with Gasteiger partial charge in [-0.3, -0.25) is 0 Å². The lowest BCUT2D eigenvalue weighted by molar-refractivity contribution is -0.154. The van der Waals surface area contributed by atoms with Crippen LogP contribution in [0.1, 0.15) is 11.1 Å². The topological polar surface area (TPSA) is 46.5 Å². The van der Waals surface area contributed by atoms with E-state index in [2.05, 4.69) is 0 Å². The summed E-state index contributed by atoms with van der Waals surface area (Å²) in [5.74, 6) is -0.596. The highest BCUT2D eigenvalue weighted by atomic mass is 16.5. The number of esters is 1. The molecule has 0 aliphatic rings. The average Bonchev–Trinajstić information content (AvgIpc) is 2.61. The SMILES string of the molecule is O=C(OCc1ccccc1)[C@H](O)Cc1cccc2ccccc12. The molecule has 3 nitrogen and oxygen atoms in total. The Morgan fingerprint density at radius 1 is 0.913 bits per heavy atom. The molecule has 3 aromatic carbocycles. The van der Waals surface area contributed by atoms with Crippen LogP contribution in [0, 0.1) is 0 Å². The summed E-state index contributed by atoms with van der Waals surface area (Å²) in [6, 6.07) is 23.2. The molecule has 0 amide bonds. The molecular weight excluding hydrogens is 288 g/mol. The van der Waals surface area contributed by atoms with Crippen molar-refractivity contribution < 1.29 is 14.6 Å². The minimum Gasteiger partial charge on any atom is -0.459 e. The summed E-state index contributed by atoms with van der Waals surface area (Å²) in [7, 11) is 0. The molecule has 0 fully saturated rings. The van der Waals surface area contributed by atoms with Crippen LogP contribution in [0.3, 0.4) is 0 Å². The lowest BCUT2D eigenvalue weighted by atomic mass is 10.00. The summed E-state index contributed by atoms with van der Waals surface area (Å²) in [5.41, 5.74) is 1.84. The van der Waals surface area contributed by atoms with E-state index in [1.165, 1.54) is 0 Å². The summed E-state index contributed by atoms with van der Waals surface area (Å²) >= 11 is 0. The van der Waals surface area contributed by atoms with Crippen molar-refractivity contribution in [1.82, 2.24) is 0 Å². The van der Waals surface area contributed by atoms with Crippen LogP contribution in [0.5, 0.6) is 0 Å². The van der Waals surface area contributed by atoms with E-state index >= 15 is 0 Å². The van der Waals surface area contributed by atoms with Crippen molar-refractivity contribution in [3.05, 3.63) is 83.9 Å². The molecule has 1 atom stereocenters. The van der Waals surface area contributed by atoms with Crippen LogP contribution in [-0.2, 0) is 22.6 Å². The number of benzene rings is 3. The van der Waals surface area contributed by atoms with Gasteiger partial charge in [0.15, 0.2) is 6.10 Å². The van der Waals surface area contributed by atoms with Crippen molar-refractivity contribution in [2.75, 3.05) is 0 Å². The van der Waals surface area contributed by atoms with Gasteiger partial charge in [0.05, 0.1) is 0 Å². The number of hydrogen-bond acceptors (Lipinski definition) is 3. The van der Waals surface area contributed by atoms with Gasteiger partial charge in [0.1, 0.15) is 6.61 Å². The largest absolute Gasteiger partial charge is 0.459 e. The van der Waals surface area contributed by atoms with Crippen LogP contribution in [0.25, 0.3) is 10.8 Å². The normalized spacial score (nSPS) is 12.0. The molecule has 0 aliphatic carbocycles. The average molecular weight is 306 g/mol. The maximum atomic E-state index is 12.0. The molecule has 0 aliphatic heterocycles. The third-order valence-corrected chi connectivity index (χ3v) is 3.79. The van der Waals surface area contributed by atoms with Gasteiger partial charge < -0.3 is 9.84 Å². The standard InChI is InChI=1S/C20H18O3/c21-19(20(22)23-14-15-7-2-1-3-8-15)13-17-11-6-10-16-9-4-5-12-18(16)17/h1-12,19,21H,13-14H2/t19-/m1/s1. The van der Waals surface area contributed by atoms with E-state index < -0.39 is 12.1 Å². The molecule has 1 N–H and O–H groups in total. The number of aliphatic hydroxyl groups is 1. The molecule has 0 radical (unpaired) electrons. The van der Waals surface area contributed by atoms with Crippen molar-refractivity contribution in [3.63, 3.8) is 0 Å². The predicted molar refractivity (Wildman–Crippen MR) is 89.9 cm³/mol. The maximum Gasteiger partial charge on any atom is 0.335 e. The molecule has 0 spiro atoms. The number of aliphatic hydroxyl groups excluding tert-OH is 1. The van der Waals surface area contributed by atoms with Gasteiger partial charge in [-0.2, -0.15) is 0 Å². The molecular formula is C20H18O3. The third-order valence-electron chi connectivity index (χ3n) is 3.79. The molecule has 116 valence electrons. The fourth-order valence-corrected chi connectivity index (χ4v) is 2.59. The zero-order valence-electron chi connectivity index (χ0n) is 12.7. The zero-order valence-corrected chi connectivity index (χ0v) is 12.7. The van der Waals surface area contributed by atoms with E-state index in [0.29, 0.717) is 0 Å². The van der Waals surface area contributed by atoms with E-state index in [-0.39, 0.29) is 13.0 Å². The summed E-state index contributed by atoms with van der Waals surface area (Å²) in [4.78, 5) is 12.0. The molecule has 0 bridgehead atoms. The minimum absolute atomic E-state index is 0.173. The van der Waals surface area contributed by atoms with Crippen LogP contribution < -0.4 is 0 Å². The quantitative estimate of drug-likeness (QED) is 0.734. The number of fused-ring (bicyclic) bond motifs is 1. The molecule has 3 heteroatoms. The van der Waals surface area contributed by atoms with Crippen LogP contribution in [0.2, 0.25) is 0 Å². The lowest BCUT2D eigenvalue weighted by Crippen LogP contribution is -2.25. The Balaban J connectivity index is 1.66. The first-order valence-corrected chi connectivity index (χ1v) is 7.59. The number of ether oxygens (including phenoxy) is 1. The Bertz CT molecular complexity index is 791. The van der Waals surface area contributed by atoms with Gasteiger partial charge in [0, 0.05) is 6.42 Å². The Hall–Kier alpha value is -2.65. The van der Waals surface area contributed by atoms with Gasteiger partial charge in [-0.15, -0.1) is 0 Å². The zero-order chi connectivity index (χ0) is 16.1. The second-order valence-corrected chi connectivity index (χ2v) is 5.45. The van der Waals surface area contributed by atoms with Gasteiger partial charge in [0.2, 0.25) is 0 Å². The number of hydrogen-bond donors (Lipinski definition) is 1. The maximum absolute atomic E-state index is 12.0. The van der Waals surface area contributed by atoms with E-state index in [1.807, 2.05) is 72.8 Å². The van der Waals surface area contributed by atoms with E-state index in [4.69, 9.17) is 4.74 Å². The smallest absolute Gasteiger partial charge is 0.335 e. The lowest BCUT2D eigenvalue weighted by Gasteiger charge is -2.12. The summed E-state index contributed by atoms with van der Waals surface area (Å²) < 4.78 is 5.19. The van der Waals surface area contributed by atoms with Crippen LogP contribution >= 0.6 is 0 Å². The number of carbonyl (C=O) groups excluding carboxylic acids is 1. The summed E-state index contributed by atoms with van der Waals surface area (Å²) in [5, 5.41) is 12.3. The van der Waals surface area contributed by atoms with Crippen molar-refractivity contribution in [3.8, 4) is 0 Å². The van der Waals surface area contributed by atoms with Crippen molar-refractivity contribution in [2.24, 2.45) is 0 Å². The molecule has 3 aromatic rings. The number of carbonyl (C=O) groups is 1. The fraction of sp³-hybridized carbons (Fsp3) is 0.150. The van der Waals surface area contributed by atoms with E-state index in [0.717, 1.165) is 21.9 Å². The van der Waals surface area contributed by atoms with Crippen molar-refractivity contribution >= 4 is 16.7 Å². The van der Waals surface area contributed by atoms with Crippen LogP contribution in [0.4, 0.5) is 0 Å². The summed E-state index contributed by atoms with van der Waals surface area (Å²) in [6.07, 6.45) is -0.917. The fourth-order valence-electron chi connectivity index (χ4n) is 2.59. The van der Waals surface area contributed by atoms with Gasteiger partial charge in [-0.1, -0.05) is 72.8 Å². The number of rotatable bonds is 5. The molecule has 0 heterocycles. The second kappa shape index (κ2) is 7.07. The van der Waals surface area contributed by atoms with Gasteiger partial charge >= 0.3 is 5.97 Å². The monoisotopic (exact) mass is 306 g/mol. The molecule has 0 aromatic heterocycles. The highest BCUT2D eigenvalue weighted by molar-refractivity contribution is 5.86. The molecule has 0 unspecified atom stereocenters. The Kier molecular flexibility index (Phi) is 4.69. The van der Waals surface area contributed by atoms with Gasteiger partial charge in [-0.25, -0.2) is 4.79 Å².